The first-order valence-electron chi connectivity index (χ1n) is 6.46. The van der Waals surface area contributed by atoms with Crippen LogP contribution in [0.1, 0.15) is 19.3 Å². The number of nitrogens with zero attached hydrogens (tertiary/aromatic N) is 1. The number of ether oxygens (including phenoxy) is 1. The minimum atomic E-state index is -0.454. The zero-order chi connectivity index (χ0) is 14.5. The van der Waals surface area contributed by atoms with E-state index < -0.39 is 4.92 Å². The highest BCUT2D eigenvalue weighted by molar-refractivity contribution is 5.77. The summed E-state index contributed by atoms with van der Waals surface area (Å²) in [6, 6.07) is 4.33. The molecule has 0 saturated carbocycles. The third kappa shape index (κ3) is 3.37. The summed E-state index contributed by atoms with van der Waals surface area (Å²) in [6.45, 7) is 0.670. The fourth-order valence-electron chi connectivity index (χ4n) is 2.24. The van der Waals surface area contributed by atoms with Crippen molar-refractivity contribution in [3.05, 3.63) is 28.3 Å². The number of anilines is 1. The van der Waals surface area contributed by atoms with Gasteiger partial charge in [-0.3, -0.25) is 14.9 Å². The number of nitro benzene ring substituents is 1. The van der Waals surface area contributed by atoms with Gasteiger partial charge in [0.15, 0.2) is 0 Å². The average Bonchev–Trinajstić information content (AvgIpc) is 2.63. The van der Waals surface area contributed by atoms with Gasteiger partial charge in [0, 0.05) is 31.1 Å². The molecule has 0 spiro atoms. The van der Waals surface area contributed by atoms with Crippen molar-refractivity contribution >= 4 is 17.3 Å². The first kappa shape index (κ1) is 14.1. The molecule has 7 heteroatoms. The van der Waals surface area contributed by atoms with E-state index in [0.29, 0.717) is 24.4 Å². The highest BCUT2D eigenvalue weighted by atomic mass is 16.6. The summed E-state index contributed by atoms with van der Waals surface area (Å²) in [6.07, 6.45) is 2.05. The summed E-state index contributed by atoms with van der Waals surface area (Å²) in [7, 11) is 1.51. The molecule has 1 aromatic rings. The molecule has 0 bridgehead atoms. The second-order valence-corrected chi connectivity index (χ2v) is 4.68. The Balaban J connectivity index is 2.19. The lowest BCUT2D eigenvalue weighted by Gasteiger charge is -2.18. The van der Waals surface area contributed by atoms with E-state index in [1.807, 2.05) is 0 Å². The van der Waals surface area contributed by atoms with E-state index >= 15 is 0 Å². The average molecular weight is 279 g/mol. The van der Waals surface area contributed by atoms with Crippen molar-refractivity contribution in [2.45, 2.75) is 25.3 Å². The molecule has 1 unspecified atom stereocenters. The number of rotatable bonds is 4. The Morgan fingerprint density at radius 3 is 3.00 bits per heavy atom. The van der Waals surface area contributed by atoms with E-state index in [2.05, 4.69) is 10.6 Å². The van der Waals surface area contributed by atoms with Crippen LogP contribution in [0, 0.1) is 10.1 Å². The van der Waals surface area contributed by atoms with Gasteiger partial charge in [0.25, 0.3) is 5.69 Å². The number of non-ortho nitro benzene ring substituents is 1. The number of carbonyl (C=O) groups excluding carboxylic acids is 1. The van der Waals surface area contributed by atoms with E-state index in [0.717, 1.165) is 12.8 Å². The molecule has 2 N–H and O–H groups in total. The molecule has 1 aromatic carbocycles. The minimum absolute atomic E-state index is 0.00799. The van der Waals surface area contributed by atoms with Crippen LogP contribution in [-0.4, -0.2) is 30.5 Å². The first-order chi connectivity index (χ1) is 9.60. The number of amides is 1. The number of carbonyl (C=O) groups is 1. The van der Waals surface area contributed by atoms with E-state index in [-0.39, 0.29) is 17.6 Å². The number of hydrogen-bond donors (Lipinski definition) is 2. The van der Waals surface area contributed by atoms with Crippen molar-refractivity contribution in [2.24, 2.45) is 0 Å². The standard InChI is InChI=1S/C13H17N3O4/c1-20-12-5-4-10(16(18)19)8-11(12)15-9-3-2-6-14-13(17)7-9/h4-5,8-9,15H,2-3,6-7H2,1H3,(H,14,17). The molecule has 20 heavy (non-hydrogen) atoms. The van der Waals surface area contributed by atoms with E-state index in [4.69, 9.17) is 4.74 Å². The lowest BCUT2D eigenvalue weighted by molar-refractivity contribution is -0.384. The minimum Gasteiger partial charge on any atom is -0.495 e. The Kier molecular flexibility index (Phi) is 4.39. The Morgan fingerprint density at radius 1 is 1.50 bits per heavy atom. The third-order valence-electron chi connectivity index (χ3n) is 3.24. The molecule has 0 aliphatic carbocycles. The van der Waals surface area contributed by atoms with Gasteiger partial charge in [-0.05, 0) is 18.9 Å². The number of nitro groups is 1. The van der Waals surface area contributed by atoms with Crippen LogP contribution in [0.2, 0.25) is 0 Å². The van der Waals surface area contributed by atoms with Crippen LogP contribution in [0.4, 0.5) is 11.4 Å². The van der Waals surface area contributed by atoms with Gasteiger partial charge in [-0.25, -0.2) is 0 Å². The van der Waals surface area contributed by atoms with Crippen molar-refractivity contribution in [3.8, 4) is 5.75 Å². The van der Waals surface area contributed by atoms with E-state index in [1.165, 1.54) is 19.2 Å². The fourth-order valence-corrected chi connectivity index (χ4v) is 2.24. The van der Waals surface area contributed by atoms with Crippen molar-refractivity contribution in [1.29, 1.82) is 0 Å². The molecule has 1 atom stereocenters. The number of nitrogens with one attached hydrogen (secondary N) is 2. The van der Waals surface area contributed by atoms with Crippen LogP contribution in [0.3, 0.4) is 0 Å². The predicted molar refractivity (Wildman–Crippen MR) is 73.9 cm³/mol. The van der Waals surface area contributed by atoms with Crippen molar-refractivity contribution in [1.82, 2.24) is 5.32 Å². The summed E-state index contributed by atoms with van der Waals surface area (Å²) < 4.78 is 5.19. The van der Waals surface area contributed by atoms with Gasteiger partial charge in [0.2, 0.25) is 5.91 Å². The van der Waals surface area contributed by atoms with Gasteiger partial charge < -0.3 is 15.4 Å². The van der Waals surface area contributed by atoms with Crippen LogP contribution in [0.25, 0.3) is 0 Å². The second-order valence-electron chi connectivity index (χ2n) is 4.68. The smallest absolute Gasteiger partial charge is 0.271 e. The van der Waals surface area contributed by atoms with Crippen molar-refractivity contribution in [2.75, 3.05) is 19.0 Å². The normalized spacial score (nSPS) is 18.9. The lowest BCUT2D eigenvalue weighted by Crippen LogP contribution is -2.27. The van der Waals surface area contributed by atoms with Gasteiger partial charge in [0.1, 0.15) is 5.75 Å². The molecule has 1 saturated heterocycles. The number of benzene rings is 1. The third-order valence-corrected chi connectivity index (χ3v) is 3.24. The Morgan fingerprint density at radius 2 is 2.30 bits per heavy atom. The maximum atomic E-state index is 11.5. The number of hydrogen-bond acceptors (Lipinski definition) is 5. The first-order valence-corrected chi connectivity index (χ1v) is 6.46. The van der Waals surface area contributed by atoms with Gasteiger partial charge in [-0.15, -0.1) is 0 Å². The SMILES string of the molecule is COc1ccc([N+](=O)[O-])cc1NC1CCCNC(=O)C1. The van der Waals surface area contributed by atoms with E-state index in [1.54, 1.807) is 6.07 Å². The molecule has 0 aromatic heterocycles. The summed E-state index contributed by atoms with van der Waals surface area (Å²) in [5.74, 6) is 0.518. The molecule has 1 heterocycles. The quantitative estimate of drug-likeness (QED) is 0.646. The van der Waals surface area contributed by atoms with Crippen LogP contribution < -0.4 is 15.4 Å². The monoisotopic (exact) mass is 279 g/mol. The van der Waals surface area contributed by atoms with E-state index in [9.17, 15) is 14.9 Å². The predicted octanol–water partition coefficient (Wildman–Crippen LogP) is 1.68. The molecule has 1 aliphatic heterocycles. The summed E-state index contributed by atoms with van der Waals surface area (Å²) >= 11 is 0. The van der Waals surface area contributed by atoms with Crippen LogP contribution in [0.15, 0.2) is 18.2 Å². The van der Waals surface area contributed by atoms with Gasteiger partial charge in [0.05, 0.1) is 17.7 Å². The molecular formula is C13H17N3O4. The Bertz CT molecular complexity index is 518. The largest absolute Gasteiger partial charge is 0.495 e. The molecule has 1 aliphatic rings. The molecule has 108 valence electrons. The van der Waals surface area contributed by atoms with Gasteiger partial charge in [-0.2, -0.15) is 0 Å². The topological polar surface area (TPSA) is 93.5 Å². The molecular weight excluding hydrogens is 262 g/mol. The summed E-state index contributed by atoms with van der Waals surface area (Å²) in [5.41, 5.74) is 0.535. The van der Waals surface area contributed by atoms with Crippen molar-refractivity contribution in [3.63, 3.8) is 0 Å². The lowest BCUT2D eigenvalue weighted by atomic mass is 10.1. The van der Waals surface area contributed by atoms with Crippen LogP contribution >= 0.6 is 0 Å². The maximum Gasteiger partial charge on any atom is 0.271 e. The zero-order valence-corrected chi connectivity index (χ0v) is 11.2. The van der Waals surface area contributed by atoms with Gasteiger partial charge in [-0.1, -0.05) is 0 Å². The fraction of sp³-hybridized carbons (Fsp3) is 0.462. The summed E-state index contributed by atoms with van der Waals surface area (Å²) in [5, 5.41) is 16.8. The second kappa shape index (κ2) is 6.23. The van der Waals surface area contributed by atoms with Crippen molar-refractivity contribution < 1.29 is 14.5 Å². The summed E-state index contributed by atoms with van der Waals surface area (Å²) in [4.78, 5) is 21.9. The molecule has 0 radical (unpaired) electrons. The highest BCUT2D eigenvalue weighted by Gasteiger charge is 2.19. The Hall–Kier alpha value is -2.31. The highest BCUT2D eigenvalue weighted by Crippen LogP contribution is 2.30. The van der Waals surface area contributed by atoms with Crippen LogP contribution in [-0.2, 0) is 4.79 Å². The maximum absolute atomic E-state index is 11.5. The van der Waals surface area contributed by atoms with Crippen LogP contribution in [0.5, 0.6) is 5.75 Å². The van der Waals surface area contributed by atoms with Gasteiger partial charge >= 0.3 is 0 Å². The molecule has 2 rings (SSSR count). The molecule has 7 nitrogen and oxygen atoms in total. The zero-order valence-electron chi connectivity index (χ0n) is 11.2. The Labute approximate surface area is 116 Å². The molecule has 1 fully saturated rings. The molecule has 1 amide bonds. The number of methoxy groups -OCH3 is 1.